The monoisotopic (exact) mass is 349 g/mol. The molecule has 0 aromatic heterocycles. The molecule has 0 aliphatic carbocycles. The highest BCUT2D eigenvalue weighted by atomic mass is 16.5. The molecule has 6 heteroatoms. The predicted octanol–water partition coefficient (Wildman–Crippen LogP) is 2.83. The van der Waals surface area contributed by atoms with E-state index in [2.05, 4.69) is 17.3 Å². The minimum absolute atomic E-state index is 0.103. The van der Waals surface area contributed by atoms with E-state index in [1.165, 1.54) is 12.8 Å². The molecule has 2 rings (SSSR count). The lowest BCUT2D eigenvalue weighted by atomic mass is 9.98. The van der Waals surface area contributed by atoms with Gasteiger partial charge in [0.05, 0.1) is 12.3 Å². The Balaban J connectivity index is 1.94. The Kier molecular flexibility index (Phi) is 7.52. The van der Waals surface area contributed by atoms with E-state index in [1.807, 2.05) is 32.2 Å². The van der Waals surface area contributed by atoms with Crippen LogP contribution in [0.2, 0.25) is 0 Å². The molecule has 1 aromatic rings. The van der Waals surface area contributed by atoms with Crippen molar-refractivity contribution in [3.8, 4) is 5.75 Å². The summed E-state index contributed by atoms with van der Waals surface area (Å²) >= 11 is 0. The summed E-state index contributed by atoms with van der Waals surface area (Å²) in [5.41, 5.74) is 1.78. The summed E-state index contributed by atoms with van der Waals surface area (Å²) in [5.74, 6) is 1.21. The number of piperidine rings is 1. The highest BCUT2D eigenvalue weighted by Gasteiger charge is 2.21. The van der Waals surface area contributed by atoms with Crippen molar-refractivity contribution < 1.29 is 14.3 Å². The van der Waals surface area contributed by atoms with Gasteiger partial charge in [-0.2, -0.15) is 0 Å². The maximum atomic E-state index is 12.6. The number of hydrogen-bond acceptors (Lipinski definition) is 4. The smallest absolute Gasteiger partial charge is 0.321 e. The van der Waals surface area contributed by atoms with Crippen molar-refractivity contribution in [1.29, 1.82) is 0 Å². The summed E-state index contributed by atoms with van der Waals surface area (Å²) in [6.07, 6.45) is 2.38. The molecule has 1 aliphatic heterocycles. The Hall–Kier alpha value is -1.79. The van der Waals surface area contributed by atoms with E-state index in [-0.39, 0.29) is 6.03 Å². The molecule has 1 fully saturated rings. The molecule has 0 spiro atoms. The zero-order valence-electron chi connectivity index (χ0n) is 15.9. The normalized spacial score (nSPS) is 18.0. The van der Waals surface area contributed by atoms with Gasteiger partial charge in [-0.05, 0) is 57.0 Å². The molecule has 25 heavy (non-hydrogen) atoms. The highest BCUT2D eigenvalue weighted by Crippen LogP contribution is 2.26. The summed E-state index contributed by atoms with van der Waals surface area (Å²) in [4.78, 5) is 16.7. The largest absolute Gasteiger partial charge is 0.489 e. The van der Waals surface area contributed by atoms with Crippen LogP contribution in [0.4, 0.5) is 10.5 Å². The number of benzene rings is 1. The Labute approximate surface area is 151 Å². The van der Waals surface area contributed by atoms with Crippen LogP contribution in [0, 0.1) is 12.8 Å². The van der Waals surface area contributed by atoms with Gasteiger partial charge < -0.3 is 24.6 Å². The van der Waals surface area contributed by atoms with Gasteiger partial charge >= 0.3 is 6.03 Å². The second kappa shape index (κ2) is 9.63. The van der Waals surface area contributed by atoms with Crippen LogP contribution >= 0.6 is 0 Å². The molecule has 0 unspecified atom stereocenters. The summed E-state index contributed by atoms with van der Waals surface area (Å²) in [6.45, 7) is 5.93. The summed E-state index contributed by atoms with van der Waals surface area (Å²) in [6, 6.07) is 5.68. The number of methoxy groups -OCH3 is 1. The van der Waals surface area contributed by atoms with Gasteiger partial charge in [0.1, 0.15) is 12.4 Å². The van der Waals surface area contributed by atoms with E-state index in [4.69, 9.17) is 9.47 Å². The van der Waals surface area contributed by atoms with Crippen molar-refractivity contribution in [2.24, 2.45) is 5.92 Å². The Morgan fingerprint density at radius 1 is 1.40 bits per heavy atom. The van der Waals surface area contributed by atoms with E-state index in [1.54, 1.807) is 12.0 Å². The standard InChI is InChI=1S/C19H31N3O3/c1-15-7-8-17(18(12-15)25-11-10-24-4)20-19(23)22(3)14-16-6-5-9-21(2)13-16/h7-8,12,16H,5-6,9-11,13-14H2,1-4H3,(H,20,23)/t16-/m0/s1. The fourth-order valence-corrected chi connectivity index (χ4v) is 3.19. The lowest BCUT2D eigenvalue weighted by molar-refractivity contribution is 0.146. The number of likely N-dealkylation sites (tertiary alicyclic amines) is 1. The number of aryl methyl sites for hydroxylation is 1. The molecule has 1 N–H and O–H groups in total. The van der Waals surface area contributed by atoms with Gasteiger partial charge in [0.25, 0.3) is 0 Å². The second-order valence-corrected chi connectivity index (χ2v) is 6.92. The quantitative estimate of drug-likeness (QED) is 0.769. The minimum Gasteiger partial charge on any atom is -0.489 e. The molecular weight excluding hydrogens is 318 g/mol. The molecule has 2 amide bonds. The number of hydrogen-bond donors (Lipinski definition) is 1. The van der Waals surface area contributed by atoms with Crippen LogP contribution in [0.25, 0.3) is 0 Å². The number of rotatable bonds is 7. The van der Waals surface area contributed by atoms with Crippen molar-refractivity contribution in [2.75, 3.05) is 59.4 Å². The number of nitrogens with zero attached hydrogens (tertiary/aromatic N) is 2. The van der Waals surface area contributed by atoms with Crippen molar-refractivity contribution in [2.45, 2.75) is 19.8 Å². The molecule has 1 saturated heterocycles. The van der Waals surface area contributed by atoms with Crippen LogP contribution in [-0.4, -0.2) is 69.9 Å². The maximum Gasteiger partial charge on any atom is 0.321 e. The van der Waals surface area contributed by atoms with Crippen LogP contribution in [0.1, 0.15) is 18.4 Å². The molecule has 1 atom stereocenters. The number of urea groups is 1. The van der Waals surface area contributed by atoms with Crippen LogP contribution in [0.3, 0.4) is 0 Å². The molecule has 0 radical (unpaired) electrons. The zero-order chi connectivity index (χ0) is 18.2. The van der Waals surface area contributed by atoms with Gasteiger partial charge in [-0.3, -0.25) is 0 Å². The molecular formula is C19H31N3O3. The molecule has 1 aromatic carbocycles. The Bertz CT molecular complexity index is 565. The van der Waals surface area contributed by atoms with E-state index >= 15 is 0 Å². The van der Waals surface area contributed by atoms with Crippen molar-refractivity contribution >= 4 is 11.7 Å². The lowest BCUT2D eigenvalue weighted by Crippen LogP contribution is -2.41. The van der Waals surface area contributed by atoms with Crippen LogP contribution in [-0.2, 0) is 4.74 Å². The Morgan fingerprint density at radius 3 is 2.92 bits per heavy atom. The second-order valence-electron chi connectivity index (χ2n) is 6.92. The maximum absolute atomic E-state index is 12.6. The number of carbonyl (C=O) groups excluding carboxylic acids is 1. The molecule has 6 nitrogen and oxygen atoms in total. The van der Waals surface area contributed by atoms with Gasteiger partial charge in [-0.25, -0.2) is 4.79 Å². The summed E-state index contributed by atoms with van der Waals surface area (Å²) < 4.78 is 10.8. The molecule has 0 saturated carbocycles. The summed E-state index contributed by atoms with van der Waals surface area (Å²) in [5, 5.41) is 2.97. The van der Waals surface area contributed by atoms with Gasteiger partial charge in [-0.1, -0.05) is 6.07 Å². The van der Waals surface area contributed by atoms with Crippen LogP contribution in [0.5, 0.6) is 5.75 Å². The first-order chi connectivity index (χ1) is 12.0. The fraction of sp³-hybridized carbons (Fsp3) is 0.632. The van der Waals surface area contributed by atoms with E-state index in [0.717, 1.165) is 25.2 Å². The lowest BCUT2D eigenvalue weighted by Gasteiger charge is -2.32. The molecule has 1 aliphatic rings. The topological polar surface area (TPSA) is 54.0 Å². The first-order valence-electron chi connectivity index (χ1n) is 8.92. The van der Waals surface area contributed by atoms with Crippen LogP contribution in [0.15, 0.2) is 18.2 Å². The van der Waals surface area contributed by atoms with Gasteiger partial charge in [0.15, 0.2) is 0 Å². The number of ether oxygens (including phenoxy) is 2. The van der Waals surface area contributed by atoms with Crippen molar-refractivity contribution in [3.05, 3.63) is 23.8 Å². The Morgan fingerprint density at radius 2 is 2.20 bits per heavy atom. The number of carbonyl (C=O) groups is 1. The number of amides is 2. The zero-order valence-corrected chi connectivity index (χ0v) is 15.9. The molecule has 140 valence electrons. The van der Waals surface area contributed by atoms with E-state index < -0.39 is 0 Å². The van der Waals surface area contributed by atoms with Crippen molar-refractivity contribution in [1.82, 2.24) is 9.80 Å². The van der Waals surface area contributed by atoms with Crippen molar-refractivity contribution in [3.63, 3.8) is 0 Å². The molecule has 0 bridgehead atoms. The van der Waals surface area contributed by atoms with Gasteiger partial charge in [-0.15, -0.1) is 0 Å². The van der Waals surface area contributed by atoms with Gasteiger partial charge in [0, 0.05) is 27.2 Å². The average Bonchev–Trinajstić information content (AvgIpc) is 2.57. The first kappa shape index (κ1) is 19.5. The van der Waals surface area contributed by atoms with E-state index in [9.17, 15) is 4.79 Å². The van der Waals surface area contributed by atoms with Crippen LogP contribution < -0.4 is 10.1 Å². The van der Waals surface area contributed by atoms with Gasteiger partial charge in [0.2, 0.25) is 0 Å². The number of nitrogens with one attached hydrogen (secondary N) is 1. The summed E-state index contributed by atoms with van der Waals surface area (Å²) in [7, 11) is 5.63. The SMILES string of the molecule is COCCOc1cc(C)ccc1NC(=O)N(C)C[C@H]1CCCN(C)C1. The third kappa shape index (κ3) is 6.21. The molecule has 1 heterocycles. The predicted molar refractivity (Wildman–Crippen MR) is 100 cm³/mol. The third-order valence-electron chi connectivity index (χ3n) is 4.52. The fourth-order valence-electron chi connectivity index (χ4n) is 3.19. The third-order valence-corrected chi connectivity index (χ3v) is 4.52. The van der Waals surface area contributed by atoms with E-state index in [0.29, 0.717) is 30.6 Å². The average molecular weight is 349 g/mol. The number of anilines is 1. The first-order valence-corrected chi connectivity index (χ1v) is 8.92. The minimum atomic E-state index is -0.103. The highest BCUT2D eigenvalue weighted by molar-refractivity contribution is 5.90.